The van der Waals surface area contributed by atoms with Gasteiger partial charge < -0.3 is 14.2 Å². The summed E-state index contributed by atoms with van der Waals surface area (Å²) >= 11 is 0. The van der Waals surface area contributed by atoms with Gasteiger partial charge in [0.05, 0.1) is 31.9 Å². The highest BCUT2D eigenvalue weighted by atomic mass is 32.2. The fraction of sp³-hybridized carbons (Fsp3) is 0.350. The van der Waals surface area contributed by atoms with Gasteiger partial charge in [-0.25, -0.2) is 8.42 Å². The van der Waals surface area contributed by atoms with Gasteiger partial charge in [0.2, 0.25) is 15.8 Å². The summed E-state index contributed by atoms with van der Waals surface area (Å²) in [5.41, 5.74) is 1.41. The SMILES string of the molecule is COc1cc(C=Nc2ccc(S(=O)(=O)N3CCCC3)cc2)cc(OC)c1OC. The number of aliphatic imine (C=N–C) groups is 1. The maximum Gasteiger partial charge on any atom is 0.243 e. The van der Waals surface area contributed by atoms with Crippen LogP contribution in [0.5, 0.6) is 17.2 Å². The van der Waals surface area contributed by atoms with Crippen LogP contribution < -0.4 is 14.2 Å². The molecule has 1 aliphatic rings. The highest BCUT2D eigenvalue weighted by Gasteiger charge is 2.26. The van der Waals surface area contributed by atoms with Gasteiger partial charge in [0, 0.05) is 24.9 Å². The number of hydrogen-bond acceptors (Lipinski definition) is 6. The van der Waals surface area contributed by atoms with Crippen LogP contribution in [0.4, 0.5) is 5.69 Å². The van der Waals surface area contributed by atoms with Crippen LogP contribution >= 0.6 is 0 Å². The van der Waals surface area contributed by atoms with Gasteiger partial charge in [0.25, 0.3) is 0 Å². The molecule has 0 aromatic heterocycles. The average Bonchev–Trinajstić information content (AvgIpc) is 3.27. The van der Waals surface area contributed by atoms with Gasteiger partial charge in [-0.3, -0.25) is 4.99 Å². The maximum absolute atomic E-state index is 12.6. The van der Waals surface area contributed by atoms with Gasteiger partial charge in [0.1, 0.15) is 0 Å². The number of benzene rings is 2. The van der Waals surface area contributed by atoms with E-state index < -0.39 is 10.0 Å². The van der Waals surface area contributed by atoms with E-state index in [2.05, 4.69) is 4.99 Å². The summed E-state index contributed by atoms with van der Waals surface area (Å²) in [5, 5.41) is 0. The first-order valence-corrected chi connectivity index (χ1v) is 10.4. The van der Waals surface area contributed by atoms with Gasteiger partial charge >= 0.3 is 0 Å². The summed E-state index contributed by atoms with van der Waals surface area (Å²) in [6.07, 6.45) is 3.49. The average molecular weight is 404 g/mol. The Balaban J connectivity index is 1.81. The largest absolute Gasteiger partial charge is 0.493 e. The normalized spacial score (nSPS) is 15.1. The summed E-state index contributed by atoms with van der Waals surface area (Å²) in [5.74, 6) is 1.59. The van der Waals surface area contributed by atoms with Crippen LogP contribution in [0.3, 0.4) is 0 Å². The van der Waals surface area contributed by atoms with Crippen LogP contribution in [0.1, 0.15) is 18.4 Å². The van der Waals surface area contributed by atoms with Crippen LogP contribution in [0.25, 0.3) is 0 Å². The predicted octanol–water partition coefficient (Wildman–Crippen LogP) is 3.25. The Kier molecular flexibility index (Phi) is 6.21. The molecule has 0 amide bonds. The van der Waals surface area contributed by atoms with E-state index in [1.807, 2.05) is 0 Å². The molecule has 0 spiro atoms. The number of rotatable bonds is 7. The molecule has 1 fully saturated rings. The van der Waals surface area contributed by atoms with E-state index in [1.54, 1.807) is 63.9 Å². The van der Waals surface area contributed by atoms with Gasteiger partial charge in [-0.1, -0.05) is 0 Å². The van der Waals surface area contributed by atoms with Crippen LogP contribution in [-0.2, 0) is 10.0 Å². The smallest absolute Gasteiger partial charge is 0.243 e. The lowest BCUT2D eigenvalue weighted by atomic mass is 10.2. The standard InChI is InChI=1S/C20H24N2O5S/c1-25-18-12-15(13-19(26-2)20(18)27-3)14-21-16-6-8-17(9-7-16)28(23,24)22-10-4-5-11-22/h6-9,12-14H,4-5,10-11H2,1-3H3. The first-order chi connectivity index (χ1) is 13.5. The lowest BCUT2D eigenvalue weighted by molar-refractivity contribution is 0.324. The Morgan fingerprint density at radius 1 is 0.929 bits per heavy atom. The van der Waals surface area contributed by atoms with Crippen LogP contribution in [0.2, 0.25) is 0 Å². The first-order valence-electron chi connectivity index (χ1n) is 8.94. The first kappa shape index (κ1) is 20.2. The molecule has 150 valence electrons. The summed E-state index contributed by atoms with van der Waals surface area (Å²) in [6, 6.07) is 10.1. The molecule has 8 heteroatoms. The topological polar surface area (TPSA) is 77.4 Å². The molecule has 0 aliphatic carbocycles. The van der Waals surface area contributed by atoms with Crippen LogP contribution in [-0.4, -0.2) is 53.4 Å². The Morgan fingerprint density at radius 3 is 2.00 bits per heavy atom. The lowest BCUT2D eigenvalue weighted by Gasteiger charge is -2.15. The van der Waals surface area contributed by atoms with Crippen molar-refractivity contribution in [3.63, 3.8) is 0 Å². The quantitative estimate of drug-likeness (QED) is 0.662. The molecule has 2 aromatic rings. The second-order valence-corrected chi connectivity index (χ2v) is 8.26. The minimum absolute atomic E-state index is 0.293. The molecule has 2 aromatic carbocycles. The third-order valence-corrected chi connectivity index (χ3v) is 6.50. The van der Waals surface area contributed by atoms with Crippen molar-refractivity contribution in [2.45, 2.75) is 17.7 Å². The van der Waals surface area contributed by atoms with Crippen molar-refractivity contribution in [2.24, 2.45) is 4.99 Å². The fourth-order valence-electron chi connectivity index (χ4n) is 3.11. The van der Waals surface area contributed by atoms with E-state index in [9.17, 15) is 8.42 Å². The van der Waals surface area contributed by atoms with Crippen molar-refractivity contribution in [1.29, 1.82) is 0 Å². The van der Waals surface area contributed by atoms with Gasteiger partial charge in [-0.05, 0) is 49.2 Å². The Labute approximate surface area is 165 Å². The van der Waals surface area contributed by atoms with Crippen molar-refractivity contribution < 1.29 is 22.6 Å². The zero-order valence-electron chi connectivity index (χ0n) is 16.2. The number of hydrogen-bond donors (Lipinski definition) is 0. The molecule has 0 bridgehead atoms. The molecule has 0 saturated carbocycles. The summed E-state index contributed by atoms with van der Waals surface area (Å²) in [6.45, 7) is 1.17. The Hall–Kier alpha value is -2.58. The summed E-state index contributed by atoms with van der Waals surface area (Å²) < 4.78 is 42.7. The molecule has 28 heavy (non-hydrogen) atoms. The molecular weight excluding hydrogens is 380 g/mol. The molecule has 0 N–H and O–H groups in total. The molecular formula is C20H24N2O5S. The van der Waals surface area contributed by atoms with Gasteiger partial charge in [-0.15, -0.1) is 0 Å². The number of ether oxygens (including phenoxy) is 3. The van der Waals surface area contributed by atoms with E-state index in [0.717, 1.165) is 18.4 Å². The molecule has 0 atom stereocenters. The molecule has 1 aliphatic heterocycles. The van der Waals surface area contributed by atoms with Gasteiger partial charge in [0.15, 0.2) is 11.5 Å². The third kappa shape index (κ3) is 4.13. The molecule has 1 saturated heterocycles. The molecule has 1 heterocycles. The van der Waals surface area contributed by atoms with Crippen molar-refractivity contribution in [1.82, 2.24) is 4.31 Å². The molecule has 0 unspecified atom stereocenters. The minimum atomic E-state index is -3.41. The number of nitrogens with zero attached hydrogens (tertiary/aromatic N) is 2. The van der Waals surface area contributed by atoms with E-state index in [0.29, 0.717) is 40.9 Å². The minimum Gasteiger partial charge on any atom is -0.493 e. The lowest BCUT2D eigenvalue weighted by Crippen LogP contribution is -2.27. The molecule has 0 radical (unpaired) electrons. The van der Waals surface area contributed by atoms with Crippen molar-refractivity contribution in [3.05, 3.63) is 42.0 Å². The number of methoxy groups -OCH3 is 3. The van der Waals surface area contributed by atoms with E-state index in [4.69, 9.17) is 14.2 Å². The molecule has 7 nitrogen and oxygen atoms in total. The zero-order chi connectivity index (χ0) is 20.1. The van der Waals surface area contributed by atoms with Crippen molar-refractivity contribution >= 4 is 21.9 Å². The van der Waals surface area contributed by atoms with E-state index >= 15 is 0 Å². The summed E-state index contributed by atoms with van der Waals surface area (Å²) in [7, 11) is 1.24. The Morgan fingerprint density at radius 2 is 1.50 bits per heavy atom. The van der Waals surface area contributed by atoms with Crippen molar-refractivity contribution in [2.75, 3.05) is 34.4 Å². The number of sulfonamides is 1. The maximum atomic E-state index is 12.6. The predicted molar refractivity (Wildman–Crippen MR) is 108 cm³/mol. The van der Waals surface area contributed by atoms with Gasteiger partial charge in [-0.2, -0.15) is 4.31 Å². The monoisotopic (exact) mass is 404 g/mol. The summed E-state index contributed by atoms with van der Waals surface area (Å²) in [4.78, 5) is 4.71. The second kappa shape index (κ2) is 8.62. The van der Waals surface area contributed by atoms with E-state index in [-0.39, 0.29) is 0 Å². The third-order valence-electron chi connectivity index (χ3n) is 4.59. The van der Waals surface area contributed by atoms with Crippen LogP contribution in [0, 0.1) is 0 Å². The van der Waals surface area contributed by atoms with Crippen LogP contribution in [0.15, 0.2) is 46.3 Å². The highest BCUT2D eigenvalue weighted by Crippen LogP contribution is 2.37. The molecule has 3 rings (SSSR count). The Bertz CT molecular complexity index is 924. The zero-order valence-corrected chi connectivity index (χ0v) is 17.0. The van der Waals surface area contributed by atoms with E-state index in [1.165, 1.54) is 4.31 Å². The second-order valence-electron chi connectivity index (χ2n) is 6.32. The highest BCUT2D eigenvalue weighted by molar-refractivity contribution is 7.89. The fourth-order valence-corrected chi connectivity index (χ4v) is 4.62. The van der Waals surface area contributed by atoms with Crippen molar-refractivity contribution in [3.8, 4) is 17.2 Å².